The highest BCUT2D eigenvalue weighted by molar-refractivity contribution is 9.10. The van der Waals surface area contributed by atoms with Gasteiger partial charge in [0.15, 0.2) is 0 Å². The van der Waals surface area contributed by atoms with Crippen LogP contribution in [0.5, 0.6) is 0 Å². The maximum absolute atomic E-state index is 12.3. The summed E-state index contributed by atoms with van der Waals surface area (Å²) in [5, 5.41) is 5.52. The normalized spacial score (nSPS) is 14.7. The first-order chi connectivity index (χ1) is 10.9. The number of urea groups is 1. The monoisotopic (exact) mass is 381 g/mol. The summed E-state index contributed by atoms with van der Waals surface area (Å²) in [6.07, 6.45) is 1.37. The molecule has 6 nitrogen and oxygen atoms in total. The Kier molecular flexibility index (Phi) is 5.76. The van der Waals surface area contributed by atoms with Crippen molar-refractivity contribution in [3.05, 3.63) is 33.8 Å². The molecule has 1 unspecified atom stereocenters. The minimum atomic E-state index is -0.282. The Morgan fingerprint density at radius 3 is 2.65 bits per heavy atom. The summed E-state index contributed by atoms with van der Waals surface area (Å²) < 4.78 is 0.766. The molecule has 1 aromatic rings. The summed E-state index contributed by atoms with van der Waals surface area (Å²) in [6.45, 7) is 4.61. The molecule has 0 aliphatic carbocycles. The standard InChI is InChI=1S/C16H20BrN3O3/c1-3-10(2)19-16(23)18-7-4-8-20-14(21)12-6-5-11(17)9-13(12)15(20)22/h5-6,9-10H,3-4,7-8H2,1-2H3,(H2,18,19,23). The fourth-order valence-corrected chi connectivity index (χ4v) is 2.64. The highest BCUT2D eigenvalue weighted by Crippen LogP contribution is 2.25. The Balaban J connectivity index is 1.83. The van der Waals surface area contributed by atoms with Crippen molar-refractivity contribution in [3.8, 4) is 0 Å². The number of nitrogens with zero attached hydrogens (tertiary/aromatic N) is 1. The summed E-state index contributed by atoms with van der Waals surface area (Å²) in [5.41, 5.74) is 0.854. The van der Waals surface area contributed by atoms with E-state index in [0.29, 0.717) is 24.1 Å². The lowest BCUT2D eigenvalue weighted by atomic mass is 10.1. The minimum absolute atomic E-state index is 0.115. The first-order valence-electron chi connectivity index (χ1n) is 7.64. The second-order valence-electron chi connectivity index (χ2n) is 5.51. The van der Waals surface area contributed by atoms with Gasteiger partial charge in [0, 0.05) is 23.6 Å². The Bertz CT molecular complexity index is 633. The van der Waals surface area contributed by atoms with E-state index >= 15 is 0 Å². The minimum Gasteiger partial charge on any atom is -0.338 e. The van der Waals surface area contributed by atoms with Crippen LogP contribution in [-0.2, 0) is 0 Å². The van der Waals surface area contributed by atoms with Gasteiger partial charge < -0.3 is 10.6 Å². The topological polar surface area (TPSA) is 78.5 Å². The van der Waals surface area contributed by atoms with E-state index in [2.05, 4.69) is 26.6 Å². The first-order valence-corrected chi connectivity index (χ1v) is 8.43. The third-order valence-corrected chi connectivity index (χ3v) is 4.26. The van der Waals surface area contributed by atoms with Gasteiger partial charge in [0.05, 0.1) is 11.1 Å². The predicted molar refractivity (Wildman–Crippen MR) is 90.4 cm³/mol. The SMILES string of the molecule is CCC(C)NC(=O)NCCCN1C(=O)c2ccc(Br)cc2C1=O. The van der Waals surface area contributed by atoms with Crippen molar-refractivity contribution in [1.82, 2.24) is 15.5 Å². The van der Waals surface area contributed by atoms with Crippen LogP contribution in [0.15, 0.2) is 22.7 Å². The molecule has 4 amide bonds. The van der Waals surface area contributed by atoms with Crippen LogP contribution >= 0.6 is 15.9 Å². The van der Waals surface area contributed by atoms with Crippen molar-refractivity contribution < 1.29 is 14.4 Å². The highest BCUT2D eigenvalue weighted by atomic mass is 79.9. The fourth-order valence-electron chi connectivity index (χ4n) is 2.28. The predicted octanol–water partition coefficient (Wildman–Crippen LogP) is 2.53. The van der Waals surface area contributed by atoms with Gasteiger partial charge in [-0.05, 0) is 38.0 Å². The van der Waals surface area contributed by atoms with Gasteiger partial charge in [0.1, 0.15) is 0 Å². The van der Waals surface area contributed by atoms with E-state index in [0.717, 1.165) is 10.9 Å². The van der Waals surface area contributed by atoms with E-state index in [9.17, 15) is 14.4 Å². The van der Waals surface area contributed by atoms with Gasteiger partial charge in [-0.2, -0.15) is 0 Å². The number of imide groups is 1. The van der Waals surface area contributed by atoms with Gasteiger partial charge in [0.2, 0.25) is 0 Å². The van der Waals surface area contributed by atoms with E-state index < -0.39 is 0 Å². The van der Waals surface area contributed by atoms with Crippen molar-refractivity contribution in [3.63, 3.8) is 0 Å². The second kappa shape index (κ2) is 7.59. The van der Waals surface area contributed by atoms with Crippen LogP contribution in [-0.4, -0.2) is 41.9 Å². The molecule has 1 atom stereocenters. The maximum Gasteiger partial charge on any atom is 0.314 e. The molecule has 0 fully saturated rings. The van der Waals surface area contributed by atoms with E-state index in [-0.39, 0.29) is 30.4 Å². The zero-order chi connectivity index (χ0) is 17.0. The molecular formula is C16H20BrN3O3. The lowest BCUT2D eigenvalue weighted by Gasteiger charge is -2.15. The molecule has 0 spiro atoms. The van der Waals surface area contributed by atoms with Crippen LogP contribution < -0.4 is 10.6 Å². The molecular weight excluding hydrogens is 362 g/mol. The summed E-state index contributed by atoms with van der Waals surface area (Å²) in [6, 6.07) is 4.94. The molecule has 23 heavy (non-hydrogen) atoms. The van der Waals surface area contributed by atoms with E-state index in [4.69, 9.17) is 0 Å². The first kappa shape index (κ1) is 17.5. The van der Waals surface area contributed by atoms with Gasteiger partial charge in [-0.1, -0.05) is 22.9 Å². The van der Waals surface area contributed by atoms with Crippen LogP contribution in [0.3, 0.4) is 0 Å². The summed E-state index contributed by atoms with van der Waals surface area (Å²) in [7, 11) is 0. The van der Waals surface area contributed by atoms with Gasteiger partial charge in [-0.15, -0.1) is 0 Å². The van der Waals surface area contributed by atoms with Crippen LogP contribution in [0.25, 0.3) is 0 Å². The molecule has 2 N–H and O–H groups in total. The number of hydrogen-bond donors (Lipinski definition) is 2. The van der Waals surface area contributed by atoms with E-state index in [1.807, 2.05) is 13.8 Å². The van der Waals surface area contributed by atoms with Crippen LogP contribution in [0.1, 0.15) is 47.4 Å². The van der Waals surface area contributed by atoms with Gasteiger partial charge in [-0.25, -0.2) is 4.79 Å². The van der Waals surface area contributed by atoms with Crippen LogP contribution in [0, 0.1) is 0 Å². The fraction of sp³-hybridized carbons (Fsp3) is 0.438. The number of benzene rings is 1. The second-order valence-corrected chi connectivity index (χ2v) is 6.43. The molecule has 1 aliphatic rings. The van der Waals surface area contributed by atoms with Crippen molar-refractivity contribution >= 4 is 33.8 Å². The number of rotatable bonds is 6. The smallest absolute Gasteiger partial charge is 0.314 e. The Hall–Kier alpha value is -1.89. The lowest BCUT2D eigenvalue weighted by Crippen LogP contribution is -2.41. The summed E-state index contributed by atoms with van der Waals surface area (Å²) >= 11 is 3.30. The molecule has 0 aromatic heterocycles. The molecule has 1 aromatic carbocycles. The molecule has 0 saturated heterocycles. The lowest BCUT2D eigenvalue weighted by molar-refractivity contribution is 0.0653. The quantitative estimate of drug-likeness (QED) is 0.586. The van der Waals surface area contributed by atoms with Crippen LogP contribution in [0.2, 0.25) is 0 Å². The molecule has 0 radical (unpaired) electrons. The van der Waals surface area contributed by atoms with Crippen molar-refractivity contribution in [1.29, 1.82) is 0 Å². The number of halogens is 1. The molecule has 7 heteroatoms. The Morgan fingerprint density at radius 1 is 1.26 bits per heavy atom. The molecule has 124 valence electrons. The Morgan fingerprint density at radius 2 is 1.96 bits per heavy atom. The average Bonchev–Trinajstić information content (AvgIpc) is 2.75. The largest absolute Gasteiger partial charge is 0.338 e. The van der Waals surface area contributed by atoms with Crippen molar-refractivity contribution in [2.45, 2.75) is 32.7 Å². The van der Waals surface area contributed by atoms with Crippen LogP contribution in [0.4, 0.5) is 4.79 Å². The maximum atomic E-state index is 12.3. The highest BCUT2D eigenvalue weighted by Gasteiger charge is 2.34. The number of carbonyl (C=O) groups excluding carboxylic acids is 3. The molecule has 0 saturated carbocycles. The molecule has 1 aliphatic heterocycles. The third-order valence-electron chi connectivity index (χ3n) is 3.77. The third kappa shape index (κ3) is 4.10. The number of amides is 4. The number of fused-ring (bicyclic) bond motifs is 1. The van der Waals surface area contributed by atoms with Gasteiger partial charge in [-0.3, -0.25) is 14.5 Å². The number of hydrogen-bond acceptors (Lipinski definition) is 3. The average molecular weight is 382 g/mol. The number of carbonyl (C=O) groups is 3. The van der Waals surface area contributed by atoms with Gasteiger partial charge >= 0.3 is 6.03 Å². The van der Waals surface area contributed by atoms with Crippen molar-refractivity contribution in [2.24, 2.45) is 0 Å². The summed E-state index contributed by atoms with van der Waals surface area (Å²) in [5.74, 6) is -0.558. The zero-order valence-electron chi connectivity index (χ0n) is 13.2. The summed E-state index contributed by atoms with van der Waals surface area (Å²) in [4.78, 5) is 37.3. The number of nitrogens with one attached hydrogen (secondary N) is 2. The van der Waals surface area contributed by atoms with Crippen molar-refractivity contribution in [2.75, 3.05) is 13.1 Å². The van der Waals surface area contributed by atoms with Gasteiger partial charge in [0.25, 0.3) is 11.8 Å². The molecule has 1 heterocycles. The van der Waals surface area contributed by atoms with E-state index in [1.165, 1.54) is 4.90 Å². The molecule has 2 rings (SSSR count). The van der Waals surface area contributed by atoms with E-state index in [1.54, 1.807) is 18.2 Å². The molecule has 0 bridgehead atoms. The zero-order valence-corrected chi connectivity index (χ0v) is 14.8. The Labute approximate surface area is 143 Å².